The summed E-state index contributed by atoms with van der Waals surface area (Å²) in [5, 5.41) is 9.71. The molecule has 0 aliphatic rings. The lowest BCUT2D eigenvalue weighted by atomic mass is 9.94. The summed E-state index contributed by atoms with van der Waals surface area (Å²) < 4.78 is 18.2. The predicted octanol–water partition coefficient (Wildman–Crippen LogP) is 5.43. The highest BCUT2D eigenvalue weighted by molar-refractivity contribution is 7.98. The van der Waals surface area contributed by atoms with E-state index in [9.17, 15) is 19.1 Å². The molecule has 0 fully saturated rings. The molecule has 0 spiro atoms. The second-order valence-electron chi connectivity index (χ2n) is 5.54. The molecule has 0 saturated heterocycles. The fourth-order valence-electron chi connectivity index (χ4n) is 2.74. The number of ether oxygens (including phenoxy) is 1. The van der Waals surface area contributed by atoms with E-state index >= 15 is 0 Å². The van der Waals surface area contributed by atoms with Gasteiger partial charge in [-0.25, -0.2) is 14.0 Å². The molecule has 0 bridgehead atoms. The van der Waals surface area contributed by atoms with Crippen LogP contribution in [0.5, 0.6) is 0 Å². The van der Waals surface area contributed by atoms with E-state index in [2.05, 4.69) is 0 Å². The van der Waals surface area contributed by atoms with Gasteiger partial charge >= 0.3 is 11.9 Å². The summed E-state index contributed by atoms with van der Waals surface area (Å²) in [7, 11) is 1.24. The van der Waals surface area contributed by atoms with Crippen molar-refractivity contribution < 1.29 is 23.8 Å². The van der Waals surface area contributed by atoms with Crippen LogP contribution in [0.25, 0.3) is 22.3 Å². The molecule has 4 nitrogen and oxygen atoms in total. The molecular formula is C20H15FO4S2. The van der Waals surface area contributed by atoms with Crippen molar-refractivity contribution in [2.24, 2.45) is 0 Å². The summed E-state index contributed by atoms with van der Waals surface area (Å²) in [4.78, 5) is 25.4. The molecule has 0 radical (unpaired) electrons. The van der Waals surface area contributed by atoms with E-state index in [0.29, 0.717) is 22.3 Å². The lowest BCUT2D eigenvalue weighted by molar-refractivity contribution is 0.0606. The Labute approximate surface area is 163 Å². The molecular weight excluding hydrogens is 387 g/mol. The number of halogens is 1. The molecule has 1 N–H and O–H groups in total. The number of carbonyl (C=O) groups is 2. The van der Waals surface area contributed by atoms with Gasteiger partial charge in [0.2, 0.25) is 0 Å². The summed E-state index contributed by atoms with van der Waals surface area (Å²) in [5.41, 5.74) is 2.06. The Morgan fingerprint density at radius 3 is 1.96 bits per heavy atom. The van der Waals surface area contributed by atoms with Crippen LogP contribution in [0.3, 0.4) is 0 Å². The Balaban J connectivity index is 2.34. The third-order valence-corrected chi connectivity index (χ3v) is 5.89. The number of thiophene rings is 1. The van der Waals surface area contributed by atoms with Crippen molar-refractivity contribution in [2.45, 2.75) is 4.90 Å². The summed E-state index contributed by atoms with van der Waals surface area (Å²) in [6.45, 7) is 0. The maximum Gasteiger partial charge on any atom is 0.348 e. The molecule has 7 heteroatoms. The Bertz CT molecular complexity index is 992. The number of hydrogen-bond donors (Lipinski definition) is 1. The number of methoxy groups -OCH3 is 1. The molecule has 1 heterocycles. The Morgan fingerprint density at radius 1 is 0.963 bits per heavy atom. The number of thioether (sulfide) groups is 1. The highest BCUT2D eigenvalue weighted by atomic mass is 32.2. The number of carbonyl (C=O) groups excluding carboxylic acids is 1. The number of carboxylic acids is 1. The zero-order valence-electron chi connectivity index (χ0n) is 14.5. The van der Waals surface area contributed by atoms with Gasteiger partial charge in [-0.05, 0) is 41.6 Å². The minimum Gasteiger partial charge on any atom is -0.477 e. The lowest BCUT2D eigenvalue weighted by Gasteiger charge is -2.09. The number of aromatic carboxylic acids is 1. The van der Waals surface area contributed by atoms with Gasteiger partial charge in [0, 0.05) is 16.0 Å². The van der Waals surface area contributed by atoms with Crippen molar-refractivity contribution in [3.05, 3.63) is 64.1 Å². The van der Waals surface area contributed by atoms with E-state index in [1.807, 2.05) is 30.5 Å². The van der Waals surface area contributed by atoms with Crippen molar-refractivity contribution >= 4 is 35.0 Å². The van der Waals surface area contributed by atoms with E-state index in [4.69, 9.17) is 4.74 Å². The zero-order valence-corrected chi connectivity index (χ0v) is 16.1. The van der Waals surface area contributed by atoms with Crippen LogP contribution in [0.1, 0.15) is 19.3 Å². The predicted molar refractivity (Wildman–Crippen MR) is 105 cm³/mol. The van der Waals surface area contributed by atoms with Crippen LogP contribution in [0.4, 0.5) is 4.39 Å². The van der Waals surface area contributed by atoms with Crippen LogP contribution in [0, 0.1) is 5.82 Å². The average molecular weight is 402 g/mol. The van der Waals surface area contributed by atoms with E-state index in [-0.39, 0.29) is 9.75 Å². The Hall–Kier alpha value is -2.64. The van der Waals surface area contributed by atoms with Crippen molar-refractivity contribution in [1.29, 1.82) is 0 Å². The third-order valence-electron chi connectivity index (χ3n) is 3.98. The van der Waals surface area contributed by atoms with Gasteiger partial charge in [0.25, 0.3) is 0 Å². The SMILES string of the molecule is COC(=O)c1sc(C(=O)O)c(-c2ccc(SC)cc2)c1-c1ccc(F)cc1. The fourth-order valence-corrected chi connectivity index (χ4v) is 4.25. The van der Waals surface area contributed by atoms with E-state index in [1.165, 1.54) is 31.4 Å². The molecule has 0 unspecified atom stereocenters. The van der Waals surface area contributed by atoms with Gasteiger partial charge in [-0.2, -0.15) is 0 Å². The van der Waals surface area contributed by atoms with Crippen LogP contribution < -0.4 is 0 Å². The van der Waals surface area contributed by atoms with Crippen LogP contribution in [0.15, 0.2) is 53.4 Å². The van der Waals surface area contributed by atoms with Crippen LogP contribution >= 0.6 is 23.1 Å². The minimum absolute atomic E-state index is 0.0339. The number of rotatable bonds is 5. The monoisotopic (exact) mass is 402 g/mol. The Kier molecular flexibility index (Phi) is 5.62. The van der Waals surface area contributed by atoms with Crippen molar-refractivity contribution in [3.8, 4) is 22.3 Å². The minimum atomic E-state index is -1.14. The van der Waals surface area contributed by atoms with E-state index in [0.717, 1.165) is 16.2 Å². The molecule has 27 heavy (non-hydrogen) atoms. The molecule has 0 amide bonds. The second kappa shape index (κ2) is 7.94. The summed E-state index contributed by atoms with van der Waals surface area (Å²) in [5.74, 6) is -2.19. The van der Waals surface area contributed by atoms with Crippen LogP contribution in [-0.2, 0) is 4.74 Å². The van der Waals surface area contributed by atoms with Gasteiger partial charge in [0.15, 0.2) is 0 Å². The highest BCUT2D eigenvalue weighted by Crippen LogP contribution is 2.44. The number of hydrogen-bond acceptors (Lipinski definition) is 5. The summed E-state index contributed by atoms with van der Waals surface area (Å²) >= 11 is 2.43. The van der Waals surface area contributed by atoms with E-state index in [1.54, 1.807) is 11.8 Å². The second-order valence-corrected chi connectivity index (χ2v) is 7.44. The normalized spacial score (nSPS) is 10.6. The highest BCUT2D eigenvalue weighted by Gasteiger charge is 2.28. The first-order valence-corrected chi connectivity index (χ1v) is 9.89. The van der Waals surface area contributed by atoms with Gasteiger partial charge in [-0.3, -0.25) is 0 Å². The third kappa shape index (κ3) is 3.74. The van der Waals surface area contributed by atoms with Gasteiger partial charge in [0.05, 0.1) is 7.11 Å². The fraction of sp³-hybridized carbons (Fsp3) is 0.100. The maximum absolute atomic E-state index is 13.4. The first-order chi connectivity index (χ1) is 13.0. The van der Waals surface area contributed by atoms with Gasteiger partial charge < -0.3 is 9.84 Å². The van der Waals surface area contributed by atoms with Crippen molar-refractivity contribution in [3.63, 3.8) is 0 Å². The Morgan fingerprint density at radius 2 is 1.48 bits per heavy atom. The van der Waals surface area contributed by atoms with Crippen molar-refractivity contribution in [2.75, 3.05) is 13.4 Å². The standard InChI is InChI=1S/C20H15FO4S2/c1-25-20(24)18-16(11-3-7-13(21)8-4-11)15(17(27-18)19(22)23)12-5-9-14(26-2)10-6-12/h3-10H,1-2H3,(H,22,23). The van der Waals surface area contributed by atoms with Crippen molar-refractivity contribution in [1.82, 2.24) is 0 Å². The van der Waals surface area contributed by atoms with Gasteiger partial charge in [0.1, 0.15) is 15.6 Å². The van der Waals surface area contributed by atoms with E-state index < -0.39 is 17.8 Å². The molecule has 0 atom stereocenters. The maximum atomic E-state index is 13.4. The largest absolute Gasteiger partial charge is 0.477 e. The molecule has 0 aliphatic carbocycles. The lowest BCUT2D eigenvalue weighted by Crippen LogP contribution is -2.00. The zero-order chi connectivity index (χ0) is 19.6. The molecule has 2 aromatic carbocycles. The first-order valence-electron chi connectivity index (χ1n) is 7.85. The molecule has 3 rings (SSSR count). The van der Waals surface area contributed by atoms with Gasteiger partial charge in [-0.1, -0.05) is 24.3 Å². The van der Waals surface area contributed by atoms with Crippen LogP contribution in [-0.4, -0.2) is 30.4 Å². The molecule has 3 aromatic rings. The number of esters is 1. The topological polar surface area (TPSA) is 63.6 Å². The summed E-state index contributed by atoms with van der Waals surface area (Å²) in [6.07, 6.45) is 1.95. The number of carboxylic acid groups (broad SMARTS) is 1. The van der Waals surface area contributed by atoms with Crippen LogP contribution in [0.2, 0.25) is 0 Å². The first kappa shape index (κ1) is 19.1. The molecule has 1 aromatic heterocycles. The quantitative estimate of drug-likeness (QED) is 0.456. The van der Waals surface area contributed by atoms with Gasteiger partial charge in [-0.15, -0.1) is 23.1 Å². The molecule has 0 saturated carbocycles. The molecule has 0 aliphatic heterocycles. The number of benzene rings is 2. The average Bonchev–Trinajstić information content (AvgIpc) is 3.09. The molecule has 138 valence electrons. The smallest absolute Gasteiger partial charge is 0.348 e. The summed E-state index contributed by atoms with van der Waals surface area (Å²) in [6, 6.07) is 13.0.